The standard InChI is InChI=1S/C30H27NS/c1-3-13-27-23(9-1)26-18-20(15-16-28(26)31-27)19-7-5-8-21(17-19)22-11-6-12-25-24-10-2-4-14-29(24)32-30(22)25/h2-5,7-8,10-11,13,16-18,20,29,31H,1,6,9,12,14-15H2. The lowest BCUT2D eigenvalue weighted by atomic mass is 9.85. The first-order valence-electron chi connectivity index (χ1n) is 12.0. The van der Waals surface area contributed by atoms with E-state index in [0.717, 1.165) is 25.7 Å². The molecule has 2 heterocycles. The van der Waals surface area contributed by atoms with E-state index in [9.17, 15) is 0 Å². The predicted octanol–water partition coefficient (Wildman–Crippen LogP) is 6.16. The van der Waals surface area contributed by atoms with Crippen LogP contribution in [0.2, 0.25) is 0 Å². The van der Waals surface area contributed by atoms with Crippen molar-refractivity contribution in [2.24, 2.45) is 0 Å². The van der Waals surface area contributed by atoms with E-state index in [4.69, 9.17) is 0 Å². The minimum absolute atomic E-state index is 0.455. The van der Waals surface area contributed by atoms with Crippen molar-refractivity contribution in [3.05, 3.63) is 104 Å². The van der Waals surface area contributed by atoms with E-state index in [2.05, 4.69) is 89.6 Å². The zero-order valence-electron chi connectivity index (χ0n) is 18.2. The second kappa shape index (κ2) is 7.42. The lowest BCUT2D eigenvalue weighted by molar-refractivity contribution is 0.910. The fraction of sp³-hybridized carbons (Fsp3) is 0.267. The van der Waals surface area contributed by atoms with Crippen molar-refractivity contribution in [2.75, 3.05) is 0 Å². The highest BCUT2D eigenvalue weighted by molar-refractivity contribution is 8.04. The monoisotopic (exact) mass is 433 g/mol. The van der Waals surface area contributed by atoms with Crippen molar-refractivity contribution in [2.45, 2.75) is 49.7 Å². The maximum Gasteiger partial charge on any atom is 0.0420 e. The molecule has 0 radical (unpaired) electrons. The molecule has 0 amide bonds. The van der Waals surface area contributed by atoms with Gasteiger partial charge in [-0.3, -0.25) is 0 Å². The highest BCUT2D eigenvalue weighted by atomic mass is 32.2. The van der Waals surface area contributed by atoms with Crippen molar-refractivity contribution in [3.63, 3.8) is 0 Å². The van der Waals surface area contributed by atoms with Crippen LogP contribution in [0.5, 0.6) is 0 Å². The molecule has 2 aromatic rings. The molecule has 2 unspecified atom stereocenters. The van der Waals surface area contributed by atoms with E-state index in [1.807, 2.05) is 0 Å². The third-order valence-electron chi connectivity index (χ3n) is 7.60. The van der Waals surface area contributed by atoms with Gasteiger partial charge in [-0.25, -0.2) is 0 Å². The first-order chi connectivity index (χ1) is 15.8. The van der Waals surface area contributed by atoms with E-state index in [0.29, 0.717) is 11.2 Å². The molecule has 5 aliphatic rings. The molecule has 1 aromatic carbocycles. The van der Waals surface area contributed by atoms with Crippen LogP contribution < -0.4 is 10.6 Å². The lowest BCUT2D eigenvalue weighted by Crippen LogP contribution is -2.29. The van der Waals surface area contributed by atoms with Crippen molar-refractivity contribution in [1.29, 1.82) is 0 Å². The van der Waals surface area contributed by atoms with Crippen molar-refractivity contribution >= 4 is 35.6 Å². The van der Waals surface area contributed by atoms with Crippen LogP contribution in [0, 0.1) is 0 Å². The van der Waals surface area contributed by atoms with Gasteiger partial charge in [0, 0.05) is 27.1 Å². The van der Waals surface area contributed by atoms with Crippen molar-refractivity contribution < 1.29 is 0 Å². The van der Waals surface area contributed by atoms with Gasteiger partial charge >= 0.3 is 0 Å². The third-order valence-corrected chi connectivity index (χ3v) is 9.04. The maximum atomic E-state index is 3.64. The van der Waals surface area contributed by atoms with Crippen LogP contribution in [0.4, 0.5) is 0 Å². The number of nitrogens with one attached hydrogen (secondary N) is 1. The average Bonchev–Trinajstić information content (AvgIpc) is 3.42. The van der Waals surface area contributed by atoms with Gasteiger partial charge in [0.1, 0.15) is 0 Å². The Morgan fingerprint density at radius 2 is 2.00 bits per heavy atom. The average molecular weight is 434 g/mol. The van der Waals surface area contributed by atoms with Gasteiger partial charge < -0.3 is 4.98 Å². The molecule has 0 bridgehead atoms. The largest absolute Gasteiger partial charge is 0.355 e. The molecule has 7 rings (SSSR count). The Morgan fingerprint density at radius 3 is 3.00 bits per heavy atom. The van der Waals surface area contributed by atoms with Gasteiger partial charge in [0.05, 0.1) is 0 Å². The molecule has 1 aromatic heterocycles. The zero-order chi connectivity index (χ0) is 21.1. The number of hydrogen-bond donors (Lipinski definition) is 1. The van der Waals surface area contributed by atoms with Gasteiger partial charge in [0.15, 0.2) is 0 Å². The second-order valence-corrected chi connectivity index (χ2v) is 10.7. The van der Waals surface area contributed by atoms with Gasteiger partial charge in [-0.1, -0.05) is 66.8 Å². The Bertz CT molecular complexity index is 1410. The van der Waals surface area contributed by atoms with Gasteiger partial charge in [-0.2, -0.15) is 0 Å². The zero-order valence-corrected chi connectivity index (χ0v) is 19.1. The fourth-order valence-corrected chi connectivity index (χ4v) is 7.55. The van der Waals surface area contributed by atoms with Crippen LogP contribution in [0.15, 0.2) is 70.7 Å². The van der Waals surface area contributed by atoms with Crippen LogP contribution in [0.3, 0.4) is 0 Å². The number of allylic oxidation sites excluding steroid dienone is 7. The number of benzene rings is 1. The molecular weight excluding hydrogens is 406 g/mol. The van der Waals surface area contributed by atoms with Crippen LogP contribution in [-0.4, -0.2) is 10.2 Å². The normalized spacial score (nSPS) is 25.1. The summed E-state index contributed by atoms with van der Waals surface area (Å²) < 4.78 is 0. The third kappa shape index (κ3) is 2.93. The number of aromatic nitrogens is 1. The van der Waals surface area contributed by atoms with Crippen LogP contribution in [0.1, 0.15) is 60.4 Å². The van der Waals surface area contributed by atoms with Crippen LogP contribution in [0.25, 0.3) is 23.8 Å². The minimum atomic E-state index is 0.455. The Morgan fingerprint density at radius 1 is 1.00 bits per heavy atom. The number of fused-ring (bicyclic) bond motifs is 5. The summed E-state index contributed by atoms with van der Waals surface area (Å²) in [5, 5.41) is 3.40. The van der Waals surface area contributed by atoms with E-state index in [1.54, 1.807) is 16.1 Å². The fourth-order valence-electron chi connectivity index (χ4n) is 6.02. The summed E-state index contributed by atoms with van der Waals surface area (Å²) >= 11 is 2.10. The maximum absolute atomic E-state index is 3.64. The van der Waals surface area contributed by atoms with Crippen molar-refractivity contribution in [1.82, 2.24) is 4.98 Å². The summed E-state index contributed by atoms with van der Waals surface area (Å²) in [6.45, 7) is 0. The van der Waals surface area contributed by atoms with E-state index >= 15 is 0 Å². The number of rotatable bonds is 2. The molecule has 0 fully saturated rings. The molecule has 1 nitrogen and oxygen atoms in total. The van der Waals surface area contributed by atoms with E-state index in [1.165, 1.54) is 51.4 Å². The van der Waals surface area contributed by atoms with Gasteiger partial charge in [0.2, 0.25) is 0 Å². The number of hydrogen-bond acceptors (Lipinski definition) is 1. The van der Waals surface area contributed by atoms with Crippen molar-refractivity contribution in [3.8, 4) is 0 Å². The van der Waals surface area contributed by atoms with Gasteiger partial charge in [-0.15, -0.1) is 11.8 Å². The second-order valence-electron chi connectivity index (χ2n) is 9.48. The topological polar surface area (TPSA) is 15.8 Å². The van der Waals surface area contributed by atoms with Gasteiger partial charge in [0.25, 0.3) is 0 Å². The molecule has 4 aliphatic carbocycles. The van der Waals surface area contributed by atoms with E-state index < -0.39 is 0 Å². The lowest BCUT2D eigenvalue weighted by Gasteiger charge is -2.19. The summed E-state index contributed by atoms with van der Waals surface area (Å²) in [5.74, 6) is 0.455. The molecule has 2 atom stereocenters. The van der Waals surface area contributed by atoms with Gasteiger partial charge in [-0.05, 0) is 83.2 Å². The Kier molecular flexibility index (Phi) is 4.36. The van der Waals surface area contributed by atoms with E-state index in [-0.39, 0.29) is 0 Å². The summed E-state index contributed by atoms with van der Waals surface area (Å²) in [4.78, 5) is 5.18. The quantitative estimate of drug-likeness (QED) is 0.600. The summed E-state index contributed by atoms with van der Waals surface area (Å²) in [5.41, 5.74) is 10.3. The Labute approximate surface area is 193 Å². The first kappa shape index (κ1) is 18.8. The number of H-pyrrole nitrogens is 1. The molecule has 0 saturated heterocycles. The molecule has 1 N–H and O–H groups in total. The summed E-state index contributed by atoms with van der Waals surface area (Å²) in [6.07, 6.45) is 25.8. The molecule has 2 heteroatoms. The number of thioether (sulfide) groups is 1. The minimum Gasteiger partial charge on any atom is -0.355 e. The first-order valence-corrected chi connectivity index (χ1v) is 12.9. The van der Waals surface area contributed by atoms with Crippen LogP contribution in [-0.2, 0) is 6.42 Å². The smallest absolute Gasteiger partial charge is 0.0420 e. The summed E-state index contributed by atoms with van der Waals surface area (Å²) in [7, 11) is 0. The predicted molar refractivity (Wildman–Crippen MR) is 138 cm³/mol. The SMILES string of the molecule is C1=CCC2SC3=C(CCC=C3c3cccc(C4C=c5c6c([nH]c5=CC4)C=CCC6)c3)C2=C1. The van der Waals surface area contributed by atoms with Crippen LogP contribution >= 0.6 is 11.8 Å². The molecule has 158 valence electrons. The number of aromatic amines is 1. The molecule has 0 spiro atoms. The molecule has 1 aliphatic heterocycles. The molecular formula is C30H27NS. The Balaban J connectivity index is 1.26. The summed E-state index contributed by atoms with van der Waals surface area (Å²) in [6, 6.07) is 9.39. The molecule has 0 saturated carbocycles. The molecule has 32 heavy (non-hydrogen) atoms. The Hall–Kier alpha value is -2.71. The highest BCUT2D eigenvalue weighted by Gasteiger charge is 2.33. The highest BCUT2D eigenvalue weighted by Crippen LogP contribution is 2.53.